The Hall–Kier alpha value is -2.69. The average Bonchev–Trinajstić information content (AvgIpc) is 3.08. The molecule has 2 aromatic carbocycles. The van der Waals surface area contributed by atoms with E-state index < -0.39 is 0 Å². The number of anilines is 2. The Balaban J connectivity index is 1.69. The first-order valence-electron chi connectivity index (χ1n) is 8.08. The van der Waals surface area contributed by atoms with Crippen molar-refractivity contribution in [1.82, 2.24) is 0 Å². The minimum atomic E-state index is -0.207. The van der Waals surface area contributed by atoms with Gasteiger partial charge in [0.25, 0.3) is 0 Å². The number of hydrogen-bond donors (Lipinski definition) is 1. The van der Waals surface area contributed by atoms with Gasteiger partial charge in [-0.3, -0.25) is 9.79 Å². The summed E-state index contributed by atoms with van der Waals surface area (Å²) in [5, 5.41) is 2.70. The number of aliphatic imine (C=N–C) groups is 1. The zero-order valence-corrected chi connectivity index (χ0v) is 13.6. The molecule has 3 rings (SSSR count). The zero-order chi connectivity index (χ0) is 16.9. The van der Waals surface area contributed by atoms with Crippen LogP contribution in [0, 0.1) is 5.82 Å². The van der Waals surface area contributed by atoms with E-state index in [9.17, 15) is 9.18 Å². The summed E-state index contributed by atoms with van der Waals surface area (Å²) in [5.41, 5.74) is 2.86. The molecule has 24 heavy (non-hydrogen) atoms. The monoisotopic (exact) mass is 325 g/mol. The summed E-state index contributed by atoms with van der Waals surface area (Å²) in [5.74, 6) is -0.318. The average molecular weight is 325 g/mol. The van der Waals surface area contributed by atoms with Crippen molar-refractivity contribution in [2.24, 2.45) is 4.99 Å². The molecule has 1 aliphatic rings. The van der Waals surface area contributed by atoms with Crippen LogP contribution in [-0.2, 0) is 4.79 Å². The van der Waals surface area contributed by atoms with Crippen LogP contribution in [0.5, 0.6) is 0 Å². The van der Waals surface area contributed by atoms with E-state index in [-0.39, 0.29) is 11.7 Å². The number of carbonyl (C=O) groups is 1. The van der Waals surface area contributed by atoms with E-state index in [2.05, 4.69) is 15.2 Å². The van der Waals surface area contributed by atoms with Gasteiger partial charge < -0.3 is 10.2 Å². The predicted octanol–water partition coefficient (Wildman–Crippen LogP) is 4.13. The summed E-state index contributed by atoms with van der Waals surface area (Å²) < 4.78 is 14.3. The van der Waals surface area contributed by atoms with Crippen LogP contribution >= 0.6 is 0 Å². The molecule has 1 aliphatic heterocycles. The van der Waals surface area contributed by atoms with Crippen molar-refractivity contribution >= 4 is 29.2 Å². The Bertz CT molecular complexity index is 750. The smallest absolute Gasteiger partial charge is 0.221 e. The first-order valence-corrected chi connectivity index (χ1v) is 8.08. The van der Waals surface area contributed by atoms with Gasteiger partial charge in [0.15, 0.2) is 0 Å². The van der Waals surface area contributed by atoms with Crippen molar-refractivity contribution in [3.8, 4) is 0 Å². The number of carbonyl (C=O) groups excluding carboxylic acids is 1. The van der Waals surface area contributed by atoms with Crippen LogP contribution in [0.4, 0.5) is 21.5 Å². The van der Waals surface area contributed by atoms with Gasteiger partial charge in [0.2, 0.25) is 5.91 Å². The number of nitrogens with zero attached hydrogens (tertiary/aromatic N) is 2. The lowest BCUT2D eigenvalue weighted by Crippen LogP contribution is -2.18. The van der Waals surface area contributed by atoms with Gasteiger partial charge in [0, 0.05) is 31.9 Å². The SMILES string of the molecule is CC(=O)Nc1ccc(N=Cc2ccc(N3CCCC3)c(F)c2)cc1. The molecule has 2 aromatic rings. The van der Waals surface area contributed by atoms with Crippen molar-refractivity contribution in [2.45, 2.75) is 19.8 Å². The summed E-state index contributed by atoms with van der Waals surface area (Å²) in [6.45, 7) is 3.31. The quantitative estimate of drug-likeness (QED) is 0.859. The van der Waals surface area contributed by atoms with Crippen molar-refractivity contribution in [2.75, 3.05) is 23.3 Å². The Kier molecular flexibility index (Phi) is 4.89. The summed E-state index contributed by atoms with van der Waals surface area (Å²) >= 11 is 0. The highest BCUT2D eigenvalue weighted by Gasteiger charge is 2.15. The molecule has 124 valence electrons. The fourth-order valence-electron chi connectivity index (χ4n) is 2.80. The molecular weight excluding hydrogens is 305 g/mol. The van der Waals surface area contributed by atoms with Gasteiger partial charge in [-0.1, -0.05) is 6.07 Å². The second-order valence-corrected chi connectivity index (χ2v) is 5.89. The predicted molar refractivity (Wildman–Crippen MR) is 95.8 cm³/mol. The highest BCUT2D eigenvalue weighted by atomic mass is 19.1. The van der Waals surface area contributed by atoms with Gasteiger partial charge in [-0.05, 0) is 54.8 Å². The summed E-state index contributed by atoms with van der Waals surface area (Å²) in [6, 6.07) is 12.4. The fraction of sp³-hybridized carbons (Fsp3) is 0.263. The van der Waals surface area contributed by atoms with Crippen LogP contribution < -0.4 is 10.2 Å². The largest absolute Gasteiger partial charge is 0.369 e. The molecule has 0 bridgehead atoms. The highest BCUT2D eigenvalue weighted by molar-refractivity contribution is 5.89. The third-order valence-electron chi connectivity index (χ3n) is 3.97. The highest BCUT2D eigenvalue weighted by Crippen LogP contribution is 2.24. The molecule has 0 saturated carbocycles. The van der Waals surface area contributed by atoms with Gasteiger partial charge in [-0.2, -0.15) is 0 Å². The number of nitrogens with one attached hydrogen (secondary N) is 1. The van der Waals surface area contributed by atoms with Crippen LogP contribution in [0.2, 0.25) is 0 Å². The van der Waals surface area contributed by atoms with E-state index in [4.69, 9.17) is 0 Å². The van der Waals surface area contributed by atoms with Crippen LogP contribution in [0.15, 0.2) is 47.5 Å². The van der Waals surface area contributed by atoms with Crippen LogP contribution in [0.1, 0.15) is 25.3 Å². The van der Waals surface area contributed by atoms with E-state index in [1.165, 1.54) is 13.0 Å². The molecule has 0 radical (unpaired) electrons. The van der Waals surface area contributed by atoms with E-state index in [1.807, 2.05) is 12.1 Å². The molecule has 0 aliphatic carbocycles. The van der Waals surface area contributed by atoms with Crippen molar-refractivity contribution in [1.29, 1.82) is 0 Å². The van der Waals surface area contributed by atoms with E-state index in [1.54, 1.807) is 30.5 Å². The second-order valence-electron chi connectivity index (χ2n) is 5.89. The van der Waals surface area contributed by atoms with E-state index in [0.29, 0.717) is 5.69 Å². The molecular formula is C19H20FN3O. The normalized spacial score (nSPS) is 14.3. The number of benzene rings is 2. The lowest BCUT2D eigenvalue weighted by molar-refractivity contribution is -0.114. The summed E-state index contributed by atoms with van der Waals surface area (Å²) in [6.07, 6.45) is 3.89. The third-order valence-corrected chi connectivity index (χ3v) is 3.97. The Morgan fingerprint density at radius 1 is 1.17 bits per heavy atom. The fourth-order valence-corrected chi connectivity index (χ4v) is 2.80. The van der Waals surface area contributed by atoms with Gasteiger partial charge in [0.1, 0.15) is 5.82 Å². The molecule has 5 heteroatoms. The lowest BCUT2D eigenvalue weighted by Gasteiger charge is -2.18. The van der Waals surface area contributed by atoms with Crippen LogP contribution in [0.3, 0.4) is 0 Å². The van der Waals surface area contributed by atoms with Crippen LogP contribution in [0.25, 0.3) is 0 Å². The Morgan fingerprint density at radius 2 is 1.88 bits per heavy atom. The molecule has 1 N–H and O–H groups in total. The maximum atomic E-state index is 14.3. The van der Waals surface area contributed by atoms with Gasteiger partial charge in [-0.15, -0.1) is 0 Å². The molecule has 0 atom stereocenters. The molecule has 1 saturated heterocycles. The van der Waals surface area contributed by atoms with Crippen molar-refractivity contribution in [3.63, 3.8) is 0 Å². The molecule has 0 spiro atoms. The number of hydrogen-bond acceptors (Lipinski definition) is 3. The van der Waals surface area contributed by atoms with E-state index in [0.717, 1.165) is 42.9 Å². The summed E-state index contributed by atoms with van der Waals surface area (Å²) in [4.78, 5) is 17.4. The maximum absolute atomic E-state index is 14.3. The minimum absolute atomic E-state index is 0.111. The standard InChI is InChI=1S/C19H20FN3O/c1-14(24)22-17-7-5-16(6-8-17)21-13-15-4-9-19(18(20)12-15)23-10-2-3-11-23/h4-9,12-13H,2-3,10-11H2,1H3,(H,22,24). The minimum Gasteiger partial charge on any atom is -0.369 e. The van der Waals surface area contributed by atoms with Gasteiger partial charge in [-0.25, -0.2) is 4.39 Å². The molecule has 1 heterocycles. The molecule has 0 unspecified atom stereocenters. The first-order chi connectivity index (χ1) is 11.6. The Morgan fingerprint density at radius 3 is 2.50 bits per heavy atom. The maximum Gasteiger partial charge on any atom is 0.221 e. The molecule has 1 fully saturated rings. The summed E-state index contributed by atoms with van der Waals surface area (Å²) in [7, 11) is 0. The number of rotatable bonds is 4. The molecule has 1 amide bonds. The van der Waals surface area contributed by atoms with Gasteiger partial charge in [0.05, 0.1) is 11.4 Å². The molecule has 4 nitrogen and oxygen atoms in total. The van der Waals surface area contributed by atoms with Crippen molar-refractivity contribution in [3.05, 3.63) is 53.8 Å². The van der Waals surface area contributed by atoms with Gasteiger partial charge >= 0.3 is 0 Å². The number of amides is 1. The Labute approximate surface area is 141 Å². The van der Waals surface area contributed by atoms with Crippen LogP contribution in [-0.4, -0.2) is 25.2 Å². The topological polar surface area (TPSA) is 44.7 Å². The number of halogens is 1. The lowest BCUT2D eigenvalue weighted by atomic mass is 10.2. The zero-order valence-electron chi connectivity index (χ0n) is 13.6. The molecule has 0 aromatic heterocycles. The third kappa shape index (κ3) is 3.98. The second kappa shape index (κ2) is 7.25. The first kappa shape index (κ1) is 16.2. The van der Waals surface area contributed by atoms with Crippen molar-refractivity contribution < 1.29 is 9.18 Å². The van der Waals surface area contributed by atoms with E-state index >= 15 is 0 Å².